The number of aromatic nitrogens is 5. The van der Waals surface area contributed by atoms with Gasteiger partial charge in [-0.1, -0.05) is 11.6 Å². The van der Waals surface area contributed by atoms with E-state index >= 15 is 0 Å². The molecular formula is C19H18ClN7OS. The van der Waals surface area contributed by atoms with Gasteiger partial charge in [0.25, 0.3) is 11.4 Å². The molecule has 8 nitrogen and oxygen atoms in total. The van der Waals surface area contributed by atoms with Crippen molar-refractivity contribution in [2.24, 2.45) is 0 Å². The molecule has 0 bridgehead atoms. The summed E-state index contributed by atoms with van der Waals surface area (Å²) in [5, 5.41) is 7.51. The maximum absolute atomic E-state index is 12.8. The van der Waals surface area contributed by atoms with Gasteiger partial charge < -0.3 is 10.2 Å². The fourth-order valence-corrected chi connectivity index (χ4v) is 3.28. The SMILES string of the molecule is S.[C-]#[N+]C1(c2cc(Cl)cc(C(=O)N[C@H](C)c3ncnn3-c3cnccn3)c2)CC1. The second-order valence-corrected chi connectivity index (χ2v) is 7.10. The van der Waals surface area contributed by atoms with Gasteiger partial charge >= 0.3 is 0 Å². The Morgan fingerprint density at radius 2 is 2.10 bits per heavy atom. The Labute approximate surface area is 179 Å². The lowest BCUT2D eigenvalue weighted by Gasteiger charge is -2.15. The van der Waals surface area contributed by atoms with Gasteiger partial charge in [-0.05, 0) is 25.1 Å². The summed E-state index contributed by atoms with van der Waals surface area (Å²) in [7, 11) is 0. The maximum Gasteiger partial charge on any atom is 0.258 e. The lowest BCUT2D eigenvalue weighted by Crippen LogP contribution is -2.29. The van der Waals surface area contributed by atoms with Crippen LogP contribution >= 0.6 is 25.1 Å². The smallest absolute Gasteiger partial charge is 0.258 e. The van der Waals surface area contributed by atoms with Crippen LogP contribution in [0.5, 0.6) is 0 Å². The minimum atomic E-state index is -0.530. The highest BCUT2D eigenvalue weighted by Crippen LogP contribution is 2.50. The summed E-state index contributed by atoms with van der Waals surface area (Å²) in [6.45, 7) is 9.23. The third-order valence-electron chi connectivity index (χ3n) is 4.71. The van der Waals surface area contributed by atoms with Crippen molar-refractivity contribution < 1.29 is 4.79 Å². The Hall–Kier alpha value is -2.96. The largest absolute Gasteiger partial charge is 0.342 e. The van der Waals surface area contributed by atoms with Crippen LogP contribution in [-0.4, -0.2) is 30.6 Å². The summed E-state index contributed by atoms with van der Waals surface area (Å²) >= 11 is 6.20. The van der Waals surface area contributed by atoms with Crippen LogP contribution in [0.3, 0.4) is 0 Å². The predicted molar refractivity (Wildman–Crippen MR) is 112 cm³/mol. The number of hydrogen-bond acceptors (Lipinski definition) is 5. The van der Waals surface area contributed by atoms with Crippen molar-refractivity contribution in [3.63, 3.8) is 0 Å². The average Bonchev–Trinajstić information content (AvgIpc) is 3.36. The lowest BCUT2D eigenvalue weighted by atomic mass is 10.0. The van der Waals surface area contributed by atoms with Crippen molar-refractivity contribution in [1.29, 1.82) is 0 Å². The lowest BCUT2D eigenvalue weighted by molar-refractivity contribution is 0.0937. The number of benzene rings is 1. The molecule has 0 radical (unpaired) electrons. The molecule has 4 rings (SSSR count). The van der Waals surface area contributed by atoms with Crippen molar-refractivity contribution in [2.75, 3.05) is 0 Å². The summed E-state index contributed by atoms with van der Waals surface area (Å²) in [5.74, 6) is 0.732. The third-order valence-corrected chi connectivity index (χ3v) is 4.93. The molecule has 1 aliphatic carbocycles. The zero-order chi connectivity index (χ0) is 19.7. The minimum Gasteiger partial charge on any atom is -0.342 e. The van der Waals surface area contributed by atoms with Crippen LogP contribution in [0.1, 0.15) is 47.6 Å². The highest BCUT2D eigenvalue weighted by molar-refractivity contribution is 7.59. The first kappa shape index (κ1) is 20.8. The molecule has 1 N–H and O–H groups in total. The molecule has 1 saturated carbocycles. The number of nitrogens with zero attached hydrogens (tertiary/aromatic N) is 6. The van der Waals surface area contributed by atoms with Crippen molar-refractivity contribution in [2.45, 2.75) is 31.3 Å². The summed E-state index contributed by atoms with van der Waals surface area (Å²) in [5.41, 5.74) is 0.669. The van der Waals surface area contributed by atoms with E-state index in [0.29, 0.717) is 22.2 Å². The number of amides is 1. The third kappa shape index (κ3) is 4.09. The number of hydrogen-bond donors (Lipinski definition) is 1. The highest BCUT2D eigenvalue weighted by atomic mass is 35.5. The van der Waals surface area contributed by atoms with Crippen LogP contribution in [-0.2, 0) is 5.54 Å². The molecule has 0 saturated heterocycles. The summed E-state index contributed by atoms with van der Waals surface area (Å²) in [6, 6.07) is 4.67. The van der Waals surface area contributed by atoms with Gasteiger partial charge in [-0.3, -0.25) is 9.78 Å². The molecule has 1 atom stereocenters. The highest BCUT2D eigenvalue weighted by Gasteiger charge is 2.52. The zero-order valence-corrected chi connectivity index (χ0v) is 17.3. The number of nitrogens with one attached hydrogen (secondary N) is 1. The Balaban J connectivity index is 0.00000240. The van der Waals surface area contributed by atoms with Crippen molar-refractivity contribution in [3.05, 3.63) is 76.5 Å². The Morgan fingerprint density at radius 3 is 2.76 bits per heavy atom. The zero-order valence-electron chi connectivity index (χ0n) is 15.5. The van der Waals surface area contributed by atoms with Gasteiger partial charge in [0, 0.05) is 41.4 Å². The quantitative estimate of drug-likeness (QED) is 0.631. The predicted octanol–water partition coefficient (Wildman–Crippen LogP) is 3.22. The molecule has 1 fully saturated rings. The molecule has 10 heteroatoms. The molecule has 0 aliphatic heterocycles. The summed E-state index contributed by atoms with van der Waals surface area (Å²) in [6.07, 6.45) is 7.66. The van der Waals surface area contributed by atoms with Crippen LogP contribution in [0.4, 0.5) is 0 Å². The van der Waals surface area contributed by atoms with Crippen LogP contribution in [0, 0.1) is 6.57 Å². The van der Waals surface area contributed by atoms with Crippen LogP contribution in [0.15, 0.2) is 43.1 Å². The molecule has 148 valence electrons. The molecular weight excluding hydrogens is 410 g/mol. The first-order chi connectivity index (χ1) is 13.5. The molecule has 0 spiro atoms. The van der Waals surface area contributed by atoms with E-state index in [9.17, 15) is 4.79 Å². The maximum atomic E-state index is 12.8. The van der Waals surface area contributed by atoms with Crippen LogP contribution in [0.2, 0.25) is 5.02 Å². The fraction of sp³-hybridized carbons (Fsp3) is 0.263. The van der Waals surface area contributed by atoms with Gasteiger partial charge in [0.15, 0.2) is 11.6 Å². The molecule has 2 heterocycles. The van der Waals surface area contributed by atoms with Gasteiger partial charge in [0.2, 0.25) is 0 Å². The van der Waals surface area contributed by atoms with E-state index in [2.05, 4.69) is 30.2 Å². The van der Waals surface area contributed by atoms with Crippen molar-refractivity contribution in [1.82, 2.24) is 30.0 Å². The van der Waals surface area contributed by atoms with Gasteiger partial charge in [-0.15, -0.1) is 0 Å². The van der Waals surface area contributed by atoms with E-state index < -0.39 is 11.6 Å². The van der Waals surface area contributed by atoms with E-state index in [1.165, 1.54) is 11.0 Å². The molecule has 0 unspecified atom stereocenters. The van der Waals surface area contributed by atoms with Crippen LogP contribution < -0.4 is 5.32 Å². The Morgan fingerprint density at radius 1 is 1.31 bits per heavy atom. The molecule has 1 amide bonds. The van der Waals surface area contributed by atoms with Gasteiger partial charge in [-0.2, -0.15) is 23.3 Å². The first-order valence-corrected chi connectivity index (χ1v) is 9.07. The second-order valence-electron chi connectivity index (χ2n) is 6.66. The van der Waals surface area contributed by atoms with E-state index in [-0.39, 0.29) is 19.4 Å². The van der Waals surface area contributed by atoms with E-state index in [1.54, 1.807) is 36.8 Å². The van der Waals surface area contributed by atoms with E-state index in [4.69, 9.17) is 18.2 Å². The van der Waals surface area contributed by atoms with Crippen LogP contribution in [0.25, 0.3) is 10.7 Å². The normalized spacial score (nSPS) is 14.9. The molecule has 1 aliphatic rings. The summed E-state index contributed by atoms with van der Waals surface area (Å²) < 4.78 is 1.53. The molecule has 3 aromatic rings. The average molecular weight is 428 g/mol. The molecule has 2 aromatic heterocycles. The summed E-state index contributed by atoms with van der Waals surface area (Å²) in [4.78, 5) is 29.0. The Bertz CT molecular complexity index is 1080. The molecule has 1 aromatic carbocycles. The molecule has 29 heavy (non-hydrogen) atoms. The monoisotopic (exact) mass is 427 g/mol. The van der Waals surface area contributed by atoms with E-state index in [1.807, 2.05) is 6.92 Å². The number of carbonyl (C=O) groups excluding carboxylic acids is 1. The second kappa shape index (κ2) is 8.19. The van der Waals surface area contributed by atoms with Crippen molar-refractivity contribution in [3.8, 4) is 5.82 Å². The fourth-order valence-electron chi connectivity index (χ4n) is 3.04. The minimum absolute atomic E-state index is 0. The number of carbonyl (C=O) groups is 1. The van der Waals surface area contributed by atoms with Gasteiger partial charge in [-0.25, -0.2) is 16.5 Å². The topological polar surface area (TPSA) is 90.0 Å². The number of rotatable bonds is 5. The standard InChI is InChI=1S/C19H16ClN7O.H2S/c1-12(17-24-11-25-27(17)16-10-22-5-6-23-16)26-18(28)13-7-14(9-15(20)8-13)19(21-2)3-4-19;/h5-12H,3-4H2,1H3,(H,26,28);1H2/t12-;/m1./s1. The Kier molecular flexibility index (Phi) is 5.86. The van der Waals surface area contributed by atoms with Gasteiger partial charge in [0.05, 0.1) is 12.2 Å². The number of halogens is 1. The van der Waals surface area contributed by atoms with Crippen molar-refractivity contribution >= 4 is 31.0 Å². The first-order valence-electron chi connectivity index (χ1n) is 8.69. The van der Waals surface area contributed by atoms with E-state index in [0.717, 1.165) is 18.4 Å². The van der Waals surface area contributed by atoms with Gasteiger partial charge in [0.1, 0.15) is 6.33 Å².